The number of rotatable bonds is 4. The molecule has 1 aliphatic rings. The summed E-state index contributed by atoms with van der Waals surface area (Å²) in [6.07, 6.45) is 1.51. The fraction of sp³-hybridized carbons (Fsp3) is 0.389. The molecule has 10 nitrogen and oxygen atoms in total. The van der Waals surface area contributed by atoms with Crippen LogP contribution in [0.25, 0.3) is 0 Å². The highest BCUT2D eigenvalue weighted by atomic mass is 16.5. The molecular formula is C18H22N6O4. The number of carbonyl (C=O) groups excluding carboxylic acids is 2. The monoisotopic (exact) mass is 386 g/mol. The molecule has 1 fully saturated rings. The van der Waals surface area contributed by atoms with Crippen molar-refractivity contribution in [3.63, 3.8) is 0 Å². The summed E-state index contributed by atoms with van der Waals surface area (Å²) < 4.78 is 5.44. The third-order valence-electron chi connectivity index (χ3n) is 4.21. The van der Waals surface area contributed by atoms with E-state index in [1.54, 1.807) is 25.1 Å². The summed E-state index contributed by atoms with van der Waals surface area (Å²) in [4.78, 5) is 38.3. The van der Waals surface area contributed by atoms with Gasteiger partial charge in [-0.2, -0.15) is 0 Å². The molecule has 0 bridgehead atoms. The van der Waals surface area contributed by atoms with E-state index in [0.717, 1.165) is 0 Å². The normalized spacial score (nSPS) is 19.7. The lowest BCUT2D eigenvalue weighted by atomic mass is 10.0. The Hall–Kier alpha value is -3.11. The van der Waals surface area contributed by atoms with E-state index in [4.69, 9.17) is 10.5 Å². The van der Waals surface area contributed by atoms with Crippen LogP contribution in [-0.2, 0) is 4.74 Å². The molecule has 10 heteroatoms. The number of aliphatic hydroxyl groups is 1. The highest BCUT2D eigenvalue weighted by molar-refractivity contribution is 5.93. The number of nitrogen functional groups attached to an aromatic ring is 1. The zero-order chi connectivity index (χ0) is 20.1. The lowest BCUT2D eigenvalue weighted by Crippen LogP contribution is -2.53. The molecule has 0 unspecified atom stereocenters. The number of nitrogens with one attached hydrogen (secondary N) is 1. The second kappa shape index (κ2) is 8.28. The van der Waals surface area contributed by atoms with Crippen molar-refractivity contribution in [2.75, 3.05) is 38.6 Å². The molecular weight excluding hydrogens is 364 g/mol. The van der Waals surface area contributed by atoms with Crippen LogP contribution in [0.1, 0.15) is 26.7 Å². The molecule has 0 radical (unpaired) electrons. The number of hydrogen-bond acceptors (Lipinski definition) is 8. The minimum atomic E-state index is -1.45. The van der Waals surface area contributed by atoms with Crippen LogP contribution < -0.4 is 11.1 Å². The number of ether oxygens (including phenoxy) is 1. The topological polar surface area (TPSA) is 144 Å². The van der Waals surface area contributed by atoms with E-state index in [0.29, 0.717) is 5.69 Å². The van der Waals surface area contributed by atoms with Crippen LogP contribution in [0.2, 0.25) is 0 Å². The van der Waals surface area contributed by atoms with Crippen LogP contribution in [0, 0.1) is 6.92 Å². The Morgan fingerprint density at radius 3 is 2.89 bits per heavy atom. The van der Waals surface area contributed by atoms with Gasteiger partial charge in [-0.1, -0.05) is 6.07 Å². The number of pyridine rings is 1. The third-order valence-corrected chi connectivity index (χ3v) is 4.21. The average Bonchev–Trinajstić information content (AvgIpc) is 2.87. The van der Waals surface area contributed by atoms with Crippen molar-refractivity contribution in [2.45, 2.75) is 12.5 Å². The molecule has 0 aliphatic carbocycles. The van der Waals surface area contributed by atoms with E-state index in [1.165, 1.54) is 17.2 Å². The number of nitrogens with zero attached hydrogens (tertiary/aromatic N) is 4. The molecule has 0 aromatic carbocycles. The Bertz CT molecular complexity index is 842. The van der Waals surface area contributed by atoms with Gasteiger partial charge < -0.3 is 25.8 Å². The van der Waals surface area contributed by atoms with Crippen molar-refractivity contribution >= 4 is 17.8 Å². The number of nitrogens with two attached hydrogens (primary N) is 1. The second-order valence-electron chi connectivity index (χ2n) is 6.65. The molecule has 2 aromatic heterocycles. The number of anilines is 1. The molecule has 1 aliphatic heterocycles. The second-order valence-corrected chi connectivity index (χ2v) is 6.65. The van der Waals surface area contributed by atoms with E-state index in [9.17, 15) is 14.7 Å². The first-order chi connectivity index (χ1) is 13.4. The van der Waals surface area contributed by atoms with Crippen LogP contribution >= 0.6 is 0 Å². The number of amides is 2. The summed E-state index contributed by atoms with van der Waals surface area (Å²) in [6, 6.07) is 6.50. The largest absolute Gasteiger partial charge is 0.384 e. The van der Waals surface area contributed by atoms with Crippen LogP contribution in [0.5, 0.6) is 0 Å². The van der Waals surface area contributed by atoms with E-state index in [2.05, 4.69) is 20.3 Å². The highest BCUT2D eigenvalue weighted by Gasteiger charge is 2.35. The predicted octanol–water partition coefficient (Wildman–Crippen LogP) is -0.604. The first-order valence-electron chi connectivity index (χ1n) is 8.76. The molecule has 1 saturated heterocycles. The van der Waals surface area contributed by atoms with Gasteiger partial charge in [0.05, 0.1) is 26.3 Å². The molecule has 3 rings (SSSR count). The molecule has 1 atom stereocenters. The third kappa shape index (κ3) is 4.78. The van der Waals surface area contributed by atoms with Crippen molar-refractivity contribution in [1.82, 2.24) is 25.2 Å². The summed E-state index contributed by atoms with van der Waals surface area (Å²) >= 11 is 0. The lowest BCUT2D eigenvalue weighted by Gasteiger charge is -2.30. The minimum absolute atomic E-state index is 0.00677. The molecule has 3 heterocycles. The van der Waals surface area contributed by atoms with E-state index in [1.807, 2.05) is 0 Å². The molecule has 4 N–H and O–H groups in total. The van der Waals surface area contributed by atoms with Gasteiger partial charge in [-0.25, -0.2) is 9.97 Å². The van der Waals surface area contributed by atoms with E-state index < -0.39 is 17.4 Å². The summed E-state index contributed by atoms with van der Waals surface area (Å²) in [7, 11) is 0. The van der Waals surface area contributed by atoms with Gasteiger partial charge in [-0.15, -0.1) is 0 Å². The fourth-order valence-electron chi connectivity index (χ4n) is 2.89. The Labute approximate surface area is 161 Å². The number of aryl methyl sites for hydroxylation is 1. The van der Waals surface area contributed by atoms with Gasteiger partial charge in [0.2, 0.25) is 5.95 Å². The number of hydrogen-bond donors (Lipinski definition) is 3. The Kier molecular flexibility index (Phi) is 5.81. The maximum absolute atomic E-state index is 12.8. The van der Waals surface area contributed by atoms with Crippen LogP contribution in [0.15, 0.2) is 30.5 Å². The number of aromatic nitrogens is 3. The van der Waals surface area contributed by atoms with Crippen LogP contribution in [0.3, 0.4) is 0 Å². The Balaban J connectivity index is 1.70. The van der Waals surface area contributed by atoms with Gasteiger partial charge in [0.25, 0.3) is 11.8 Å². The first-order valence-corrected chi connectivity index (χ1v) is 8.76. The van der Waals surface area contributed by atoms with E-state index >= 15 is 0 Å². The molecule has 28 heavy (non-hydrogen) atoms. The van der Waals surface area contributed by atoms with Crippen molar-refractivity contribution in [3.8, 4) is 0 Å². The van der Waals surface area contributed by atoms with Crippen LogP contribution in [0.4, 0.5) is 5.95 Å². The van der Waals surface area contributed by atoms with Gasteiger partial charge in [-0.3, -0.25) is 14.6 Å². The number of carbonyl (C=O) groups is 2. The molecule has 2 amide bonds. The summed E-state index contributed by atoms with van der Waals surface area (Å²) in [5.41, 5.74) is 5.12. The smallest absolute Gasteiger partial charge is 0.272 e. The van der Waals surface area contributed by atoms with Crippen molar-refractivity contribution in [2.24, 2.45) is 0 Å². The highest BCUT2D eigenvalue weighted by Crippen LogP contribution is 2.15. The van der Waals surface area contributed by atoms with Gasteiger partial charge in [-0.05, 0) is 25.1 Å². The molecule has 148 valence electrons. The first kappa shape index (κ1) is 19.6. The Morgan fingerprint density at radius 1 is 1.36 bits per heavy atom. The molecule has 0 spiro atoms. The lowest BCUT2D eigenvalue weighted by molar-refractivity contribution is -0.0324. The number of β-amino-alcohol motifs (C(OH)–C–C–N with tert-alkyl or cyclic N) is 1. The van der Waals surface area contributed by atoms with Gasteiger partial charge in [0, 0.05) is 18.4 Å². The Morgan fingerprint density at radius 2 is 2.18 bits per heavy atom. The predicted molar refractivity (Wildman–Crippen MR) is 99.4 cm³/mol. The van der Waals surface area contributed by atoms with Crippen LogP contribution in [-0.4, -0.2) is 75.2 Å². The van der Waals surface area contributed by atoms with Crippen molar-refractivity contribution < 1.29 is 19.4 Å². The summed E-state index contributed by atoms with van der Waals surface area (Å²) in [5, 5.41) is 13.6. The van der Waals surface area contributed by atoms with Crippen molar-refractivity contribution in [3.05, 3.63) is 47.5 Å². The zero-order valence-electron chi connectivity index (χ0n) is 15.5. The van der Waals surface area contributed by atoms with Gasteiger partial charge in [0.15, 0.2) is 0 Å². The quantitative estimate of drug-likeness (QED) is 0.632. The summed E-state index contributed by atoms with van der Waals surface area (Å²) in [6.45, 7) is 2.09. The van der Waals surface area contributed by atoms with Gasteiger partial charge >= 0.3 is 0 Å². The summed E-state index contributed by atoms with van der Waals surface area (Å²) in [5.74, 6) is -0.806. The zero-order valence-corrected chi connectivity index (χ0v) is 15.5. The van der Waals surface area contributed by atoms with Gasteiger partial charge in [0.1, 0.15) is 17.0 Å². The van der Waals surface area contributed by atoms with E-state index in [-0.39, 0.29) is 50.2 Å². The molecule has 0 saturated carbocycles. The fourth-order valence-corrected chi connectivity index (χ4v) is 2.89. The van der Waals surface area contributed by atoms with Crippen molar-refractivity contribution in [1.29, 1.82) is 0 Å². The molecule has 2 aromatic rings. The maximum atomic E-state index is 12.8. The average molecular weight is 386 g/mol. The standard InChI is InChI=1S/C18H22N6O4/c1-12-8-14(23-17(19)22-12)16(26)24-6-7-28-11-18(27,10-24)9-21-15(25)13-4-2-3-5-20-13/h2-5,8,27H,6-7,9-11H2,1H3,(H,21,25)(H2,19,22,23)/t18-/m1/s1. The maximum Gasteiger partial charge on any atom is 0.272 e. The SMILES string of the molecule is Cc1cc(C(=O)N2CCOC[C@@](O)(CNC(=O)c3ccccn3)C2)nc(N)n1. The minimum Gasteiger partial charge on any atom is -0.384 e.